The van der Waals surface area contributed by atoms with Crippen molar-refractivity contribution in [1.82, 2.24) is 4.90 Å². The molecule has 2 aromatic rings. The van der Waals surface area contributed by atoms with E-state index in [2.05, 4.69) is 34.5 Å². The van der Waals surface area contributed by atoms with Crippen LogP contribution in [0, 0.1) is 0 Å². The number of benzene rings is 2. The first kappa shape index (κ1) is 15.7. The van der Waals surface area contributed by atoms with Gasteiger partial charge in [-0.2, -0.15) is 0 Å². The Kier molecular flexibility index (Phi) is 4.76. The lowest BCUT2D eigenvalue weighted by atomic mass is 10.2. The van der Waals surface area contributed by atoms with Crippen LogP contribution in [0.5, 0.6) is 0 Å². The van der Waals surface area contributed by atoms with Gasteiger partial charge in [0, 0.05) is 37.8 Å². The average molecular weight is 327 g/mol. The van der Waals surface area contributed by atoms with Crippen molar-refractivity contribution in [2.45, 2.75) is 5.37 Å². The van der Waals surface area contributed by atoms with Crippen LogP contribution in [-0.2, 0) is 0 Å². The van der Waals surface area contributed by atoms with Gasteiger partial charge in [0.05, 0.1) is 0 Å². The normalized spacial score (nSPS) is 17.1. The number of carbonyl (C=O) groups excluding carboxylic acids is 1. The molecular weight excluding hydrogens is 306 g/mol. The van der Waals surface area contributed by atoms with Gasteiger partial charge in [-0.3, -0.25) is 0 Å². The number of nitrogens with zero attached hydrogens (tertiary/aromatic N) is 2. The summed E-state index contributed by atoms with van der Waals surface area (Å²) >= 11 is 1.81. The molecule has 1 saturated heterocycles. The molecule has 1 atom stereocenters. The molecule has 1 fully saturated rings. The fourth-order valence-corrected chi connectivity index (χ4v) is 3.86. The molecule has 0 bridgehead atoms. The van der Waals surface area contributed by atoms with Crippen LogP contribution in [0.1, 0.15) is 10.9 Å². The highest BCUT2D eigenvalue weighted by molar-refractivity contribution is 7.99. The molecule has 23 heavy (non-hydrogen) atoms. The van der Waals surface area contributed by atoms with Crippen LogP contribution >= 0.6 is 11.8 Å². The molecule has 2 amide bonds. The number of thioether (sulfide) groups is 1. The maximum atomic E-state index is 12.6. The average Bonchev–Trinajstić information content (AvgIpc) is 3.05. The Bertz CT molecular complexity index is 658. The quantitative estimate of drug-likeness (QED) is 0.924. The number of hydrogen-bond acceptors (Lipinski definition) is 3. The van der Waals surface area contributed by atoms with E-state index in [0.29, 0.717) is 0 Å². The van der Waals surface area contributed by atoms with E-state index < -0.39 is 0 Å². The highest BCUT2D eigenvalue weighted by Crippen LogP contribution is 2.38. The molecule has 1 heterocycles. The second kappa shape index (κ2) is 6.96. The molecule has 0 radical (unpaired) electrons. The first-order chi connectivity index (χ1) is 11.1. The molecule has 1 aliphatic heterocycles. The highest BCUT2D eigenvalue weighted by atomic mass is 32.2. The fraction of sp³-hybridized carbons (Fsp3) is 0.278. The van der Waals surface area contributed by atoms with E-state index in [1.807, 2.05) is 61.1 Å². The van der Waals surface area contributed by atoms with Crippen molar-refractivity contribution in [2.75, 3.05) is 36.6 Å². The van der Waals surface area contributed by atoms with Crippen LogP contribution in [0.2, 0.25) is 0 Å². The Hall–Kier alpha value is -2.14. The summed E-state index contributed by atoms with van der Waals surface area (Å²) in [6, 6.07) is 18.0. The van der Waals surface area contributed by atoms with Crippen LogP contribution in [-0.4, -0.2) is 37.3 Å². The van der Waals surface area contributed by atoms with Gasteiger partial charge in [-0.05, 0) is 29.8 Å². The smallest absolute Gasteiger partial charge is 0.323 e. The number of anilines is 2. The second-order valence-electron chi connectivity index (χ2n) is 5.70. The summed E-state index contributed by atoms with van der Waals surface area (Å²) < 4.78 is 0. The van der Waals surface area contributed by atoms with Gasteiger partial charge in [0.15, 0.2) is 0 Å². The van der Waals surface area contributed by atoms with Crippen molar-refractivity contribution in [2.24, 2.45) is 0 Å². The molecule has 4 nitrogen and oxygen atoms in total. The molecule has 1 aliphatic rings. The molecule has 2 aromatic carbocycles. The van der Waals surface area contributed by atoms with Crippen molar-refractivity contribution in [3.63, 3.8) is 0 Å². The molecular formula is C18H21N3OS. The van der Waals surface area contributed by atoms with Gasteiger partial charge < -0.3 is 15.1 Å². The van der Waals surface area contributed by atoms with Gasteiger partial charge in [0.1, 0.15) is 5.37 Å². The summed E-state index contributed by atoms with van der Waals surface area (Å²) in [6.07, 6.45) is 0. The number of urea groups is 1. The van der Waals surface area contributed by atoms with Gasteiger partial charge in [-0.25, -0.2) is 4.79 Å². The third-order valence-corrected chi connectivity index (χ3v) is 5.13. The van der Waals surface area contributed by atoms with Gasteiger partial charge in [-0.15, -0.1) is 11.8 Å². The third kappa shape index (κ3) is 3.62. The predicted octanol–water partition coefficient (Wildman–Crippen LogP) is 4.03. The number of carbonyl (C=O) groups is 1. The Morgan fingerprint density at radius 3 is 2.48 bits per heavy atom. The van der Waals surface area contributed by atoms with Crippen LogP contribution in [0.3, 0.4) is 0 Å². The Balaban J connectivity index is 1.73. The molecule has 0 aliphatic carbocycles. The van der Waals surface area contributed by atoms with Gasteiger partial charge in [0.25, 0.3) is 0 Å². The van der Waals surface area contributed by atoms with Crippen molar-refractivity contribution >= 4 is 29.2 Å². The summed E-state index contributed by atoms with van der Waals surface area (Å²) in [5.41, 5.74) is 3.16. The molecule has 0 unspecified atom stereocenters. The number of nitrogens with one attached hydrogen (secondary N) is 1. The molecule has 1 N–H and O–H groups in total. The van der Waals surface area contributed by atoms with E-state index in [9.17, 15) is 4.79 Å². The topological polar surface area (TPSA) is 35.6 Å². The Morgan fingerprint density at radius 1 is 1.13 bits per heavy atom. The van der Waals surface area contributed by atoms with Crippen molar-refractivity contribution in [3.8, 4) is 0 Å². The van der Waals surface area contributed by atoms with E-state index >= 15 is 0 Å². The first-order valence-electron chi connectivity index (χ1n) is 7.67. The number of amides is 2. The zero-order chi connectivity index (χ0) is 16.2. The SMILES string of the molecule is CN(C)c1ccc([C@H]2SCCN2C(=O)Nc2ccccc2)cc1. The van der Waals surface area contributed by atoms with Gasteiger partial charge in [-0.1, -0.05) is 30.3 Å². The zero-order valence-corrected chi connectivity index (χ0v) is 14.2. The lowest BCUT2D eigenvalue weighted by Gasteiger charge is -2.25. The largest absolute Gasteiger partial charge is 0.378 e. The minimum Gasteiger partial charge on any atom is -0.378 e. The van der Waals surface area contributed by atoms with E-state index in [-0.39, 0.29) is 11.4 Å². The molecule has 0 saturated carbocycles. The van der Waals surface area contributed by atoms with E-state index in [0.717, 1.165) is 23.7 Å². The van der Waals surface area contributed by atoms with Gasteiger partial charge in [0.2, 0.25) is 0 Å². The van der Waals surface area contributed by atoms with E-state index in [1.54, 1.807) is 0 Å². The summed E-state index contributed by atoms with van der Waals surface area (Å²) in [7, 11) is 4.05. The monoisotopic (exact) mass is 327 g/mol. The maximum Gasteiger partial charge on any atom is 0.323 e. The first-order valence-corrected chi connectivity index (χ1v) is 8.71. The fourth-order valence-electron chi connectivity index (χ4n) is 2.61. The predicted molar refractivity (Wildman–Crippen MR) is 98.1 cm³/mol. The van der Waals surface area contributed by atoms with Crippen LogP contribution in [0.25, 0.3) is 0 Å². The second-order valence-corrected chi connectivity index (χ2v) is 6.89. The summed E-state index contributed by atoms with van der Waals surface area (Å²) in [5.74, 6) is 0.961. The lowest BCUT2D eigenvalue weighted by molar-refractivity contribution is 0.214. The summed E-state index contributed by atoms with van der Waals surface area (Å²) in [4.78, 5) is 16.5. The minimum atomic E-state index is -0.0390. The molecule has 0 spiro atoms. The zero-order valence-electron chi connectivity index (χ0n) is 13.4. The lowest BCUT2D eigenvalue weighted by Crippen LogP contribution is -2.34. The Labute approximate surface area is 141 Å². The molecule has 5 heteroatoms. The minimum absolute atomic E-state index is 0.0390. The van der Waals surface area contributed by atoms with Crippen molar-refractivity contribution < 1.29 is 4.79 Å². The highest BCUT2D eigenvalue weighted by Gasteiger charge is 2.30. The Morgan fingerprint density at radius 2 is 1.83 bits per heavy atom. The number of rotatable bonds is 3. The molecule has 120 valence electrons. The summed E-state index contributed by atoms with van der Waals surface area (Å²) in [5, 5.41) is 3.06. The van der Waals surface area contributed by atoms with Crippen molar-refractivity contribution in [1.29, 1.82) is 0 Å². The molecule has 3 rings (SSSR count). The van der Waals surface area contributed by atoms with E-state index in [4.69, 9.17) is 0 Å². The molecule has 0 aromatic heterocycles. The van der Waals surface area contributed by atoms with Crippen LogP contribution < -0.4 is 10.2 Å². The van der Waals surface area contributed by atoms with Crippen LogP contribution in [0.4, 0.5) is 16.2 Å². The van der Waals surface area contributed by atoms with E-state index in [1.165, 1.54) is 5.56 Å². The summed E-state index contributed by atoms with van der Waals surface area (Å²) in [6.45, 7) is 0.767. The third-order valence-electron chi connectivity index (χ3n) is 3.87. The van der Waals surface area contributed by atoms with Crippen LogP contribution in [0.15, 0.2) is 54.6 Å². The van der Waals surface area contributed by atoms with Gasteiger partial charge >= 0.3 is 6.03 Å². The van der Waals surface area contributed by atoms with Crippen molar-refractivity contribution in [3.05, 3.63) is 60.2 Å². The standard InChI is InChI=1S/C18H21N3OS/c1-20(2)16-10-8-14(9-11-16)17-21(12-13-23-17)18(22)19-15-6-4-3-5-7-15/h3-11,17H,12-13H2,1-2H3,(H,19,22)/t17-/m1/s1. The maximum absolute atomic E-state index is 12.6. The number of hydrogen-bond donors (Lipinski definition) is 1. The number of para-hydroxylation sites is 1.